The van der Waals surface area contributed by atoms with Gasteiger partial charge in [0.1, 0.15) is 5.75 Å². The fourth-order valence-corrected chi connectivity index (χ4v) is 2.21. The molecule has 3 aromatic rings. The van der Waals surface area contributed by atoms with Crippen molar-refractivity contribution in [3.63, 3.8) is 0 Å². The van der Waals surface area contributed by atoms with Gasteiger partial charge in [0.2, 0.25) is 0 Å². The first kappa shape index (κ1) is 16.6. The van der Waals surface area contributed by atoms with Crippen molar-refractivity contribution in [1.82, 2.24) is 9.78 Å². The number of rotatable bonds is 6. The summed E-state index contributed by atoms with van der Waals surface area (Å²) in [6, 6.07) is 15.2. The second-order valence-corrected chi connectivity index (χ2v) is 5.15. The lowest BCUT2D eigenvalue weighted by Gasteiger charge is -2.04. The first-order valence-corrected chi connectivity index (χ1v) is 7.49. The predicted octanol–water partition coefficient (Wildman–Crippen LogP) is 4.37. The van der Waals surface area contributed by atoms with Crippen molar-refractivity contribution in [2.75, 3.05) is 0 Å². The van der Waals surface area contributed by atoms with Gasteiger partial charge in [-0.3, -0.25) is 4.79 Å². The number of hydrogen-bond donors (Lipinski definition) is 0. The highest BCUT2D eigenvalue weighted by Gasteiger charge is 2.06. The summed E-state index contributed by atoms with van der Waals surface area (Å²) in [4.78, 5) is 12.1. The molecule has 25 heavy (non-hydrogen) atoms. The maximum atomic E-state index is 12.1. The molecule has 126 valence electrons. The third-order valence-electron chi connectivity index (χ3n) is 3.41. The van der Waals surface area contributed by atoms with E-state index in [2.05, 4.69) is 9.84 Å². The Morgan fingerprint density at radius 2 is 1.80 bits per heavy atom. The number of halogens is 2. The monoisotopic (exact) mass is 340 g/mol. The predicted molar refractivity (Wildman–Crippen MR) is 90.0 cm³/mol. The fourth-order valence-electron chi connectivity index (χ4n) is 2.21. The zero-order valence-corrected chi connectivity index (χ0v) is 13.0. The molecule has 2 aromatic carbocycles. The molecule has 0 atom stereocenters. The number of carbonyl (C=O) groups is 1. The molecular formula is C19H14F2N2O2. The maximum absolute atomic E-state index is 12.1. The average Bonchev–Trinajstić information content (AvgIpc) is 3.10. The van der Waals surface area contributed by atoms with Gasteiger partial charge in [-0.2, -0.15) is 13.9 Å². The molecule has 0 aliphatic carbocycles. The van der Waals surface area contributed by atoms with Gasteiger partial charge in [0.25, 0.3) is 0 Å². The molecule has 0 saturated heterocycles. The number of ether oxygens (including phenoxy) is 1. The standard InChI is InChI=1S/C19H14F2N2O2/c20-19(21)25-17-9-7-15(8-10-17)18(24)11-6-14-12-22-23(13-14)16-4-2-1-3-5-16/h1-13,19H/b11-6+. The maximum Gasteiger partial charge on any atom is 0.387 e. The molecule has 0 amide bonds. The summed E-state index contributed by atoms with van der Waals surface area (Å²) in [5.74, 6) is -0.226. The van der Waals surface area contributed by atoms with Crippen molar-refractivity contribution in [2.45, 2.75) is 6.61 Å². The molecule has 0 spiro atoms. The Hall–Kier alpha value is -3.28. The average molecular weight is 340 g/mol. The highest BCUT2D eigenvalue weighted by molar-refractivity contribution is 6.06. The SMILES string of the molecule is O=C(/C=C/c1cnn(-c2ccccc2)c1)c1ccc(OC(F)F)cc1. The lowest BCUT2D eigenvalue weighted by atomic mass is 10.1. The molecule has 0 N–H and O–H groups in total. The Morgan fingerprint density at radius 3 is 2.48 bits per heavy atom. The van der Waals surface area contributed by atoms with Crippen LogP contribution in [-0.2, 0) is 0 Å². The molecule has 0 aliphatic heterocycles. The smallest absolute Gasteiger partial charge is 0.387 e. The Balaban J connectivity index is 1.67. The molecule has 0 bridgehead atoms. The number of nitrogens with zero attached hydrogens (tertiary/aromatic N) is 2. The van der Waals surface area contributed by atoms with Crippen LogP contribution in [-0.4, -0.2) is 22.2 Å². The van der Waals surface area contributed by atoms with Gasteiger partial charge >= 0.3 is 6.61 Å². The molecule has 0 radical (unpaired) electrons. The number of allylic oxidation sites excluding steroid dienone is 1. The van der Waals surface area contributed by atoms with Gasteiger partial charge < -0.3 is 4.74 Å². The van der Waals surface area contributed by atoms with E-state index in [1.807, 2.05) is 30.3 Å². The number of benzene rings is 2. The minimum atomic E-state index is -2.89. The van der Waals surface area contributed by atoms with Crippen LogP contribution in [0.5, 0.6) is 5.75 Å². The fraction of sp³-hybridized carbons (Fsp3) is 0.0526. The van der Waals surface area contributed by atoms with Crippen LogP contribution in [0.25, 0.3) is 11.8 Å². The van der Waals surface area contributed by atoms with E-state index in [0.29, 0.717) is 5.56 Å². The first-order chi connectivity index (χ1) is 12.1. The van der Waals surface area contributed by atoms with Crippen molar-refractivity contribution in [2.24, 2.45) is 0 Å². The van der Waals surface area contributed by atoms with Gasteiger partial charge in [0, 0.05) is 17.3 Å². The van der Waals surface area contributed by atoms with E-state index in [0.717, 1.165) is 11.3 Å². The summed E-state index contributed by atoms with van der Waals surface area (Å²) >= 11 is 0. The zero-order valence-electron chi connectivity index (χ0n) is 13.0. The molecular weight excluding hydrogens is 326 g/mol. The second kappa shape index (κ2) is 7.53. The first-order valence-electron chi connectivity index (χ1n) is 7.49. The van der Waals surface area contributed by atoms with Crippen LogP contribution in [0.3, 0.4) is 0 Å². The largest absolute Gasteiger partial charge is 0.435 e. The van der Waals surface area contributed by atoms with Crippen molar-refractivity contribution in [3.05, 3.63) is 84.2 Å². The Bertz CT molecular complexity index is 872. The molecule has 3 rings (SSSR count). The van der Waals surface area contributed by atoms with Crippen molar-refractivity contribution < 1.29 is 18.3 Å². The minimum Gasteiger partial charge on any atom is -0.435 e. The van der Waals surface area contributed by atoms with Gasteiger partial charge in [-0.1, -0.05) is 18.2 Å². The summed E-state index contributed by atoms with van der Waals surface area (Å²) in [6.07, 6.45) is 6.52. The van der Waals surface area contributed by atoms with Crippen LogP contribution < -0.4 is 4.74 Å². The summed E-state index contributed by atoms with van der Waals surface area (Å²) in [7, 11) is 0. The summed E-state index contributed by atoms with van der Waals surface area (Å²) in [5.41, 5.74) is 2.08. The van der Waals surface area contributed by atoms with Crippen LogP contribution in [0, 0.1) is 0 Å². The Kier molecular flexibility index (Phi) is 4.99. The highest BCUT2D eigenvalue weighted by Crippen LogP contribution is 2.16. The number of carbonyl (C=O) groups excluding carboxylic acids is 1. The Morgan fingerprint density at radius 1 is 1.08 bits per heavy atom. The van der Waals surface area contributed by atoms with Gasteiger partial charge in [-0.25, -0.2) is 4.68 Å². The van der Waals surface area contributed by atoms with Crippen molar-refractivity contribution >= 4 is 11.9 Å². The van der Waals surface area contributed by atoms with E-state index in [4.69, 9.17) is 0 Å². The molecule has 0 saturated carbocycles. The van der Waals surface area contributed by atoms with Crippen LogP contribution in [0.15, 0.2) is 73.1 Å². The molecule has 0 aliphatic rings. The number of para-hydroxylation sites is 1. The van der Waals surface area contributed by atoms with Crippen LogP contribution in [0.1, 0.15) is 15.9 Å². The second-order valence-electron chi connectivity index (χ2n) is 5.15. The Labute approximate surface area is 143 Å². The normalized spacial score (nSPS) is 11.2. The van der Waals surface area contributed by atoms with Crippen LogP contribution in [0.2, 0.25) is 0 Å². The zero-order chi connectivity index (χ0) is 17.6. The lowest BCUT2D eigenvalue weighted by Crippen LogP contribution is -2.02. The molecule has 0 unspecified atom stereocenters. The molecule has 1 aromatic heterocycles. The molecule has 4 nitrogen and oxygen atoms in total. The van der Waals surface area contributed by atoms with Crippen molar-refractivity contribution in [1.29, 1.82) is 0 Å². The van der Waals surface area contributed by atoms with Gasteiger partial charge in [0.15, 0.2) is 5.78 Å². The number of alkyl halides is 2. The topological polar surface area (TPSA) is 44.1 Å². The third kappa shape index (κ3) is 4.38. The minimum absolute atomic E-state index is 0.0136. The van der Waals surface area contributed by atoms with E-state index in [-0.39, 0.29) is 11.5 Å². The quantitative estimate of drug-likeness (QED) is 0.494. The number of ketones is 1. The molecule has 1 heterocycles. The highest BCUT2D eigenvalue weighted by atomic mass is 19.3. The van der Waals surface area contributed by atoms with Gasteiger partial charge in [-0.05, 0) is 48.6 Å². The van der Waals surface area contributed by atoms with Crippen LogP contribution in [0.4, 0.5) is 8.78 Å². The summed E-state index contributed by atoms with van der Waals surface area (Å²) in [5, 5.41) is 4.24. The van der Waals surface area contributed by atoms with E-state index in [1.165, 1.54) is 30.3 Å². The molecule has 6 heteroatoms. The van der Waals surface area contributed by atoms with Crippen molar-refractivity contribution in [3.8, 4) is 11.4 Å². The van der Waals surface area contributed by atoms with Gasteiger partial charge in [0.05, 0.1) is 11.9 Å². The van der Waals surface area contributed by atoms with E-state index >= 15 is 0 Å². The van der Waals surface area contributed by atoms with E-state index in [1.54, 1.807) is 23.2 Å². The number of hydrogen-bond acceptors (Lipinski definition) is 3. The summed E-state index contributed by atoms with van der Waals surface area (Å²) < 4.78 is 30.2. The molecule has 0 fully saturated rings. The number of aromatic nitrogens is 2. The van der Waals surface area contributed by atoms with E-state index in [9.17, 15) is 13.6 Å². The summed E-state index contributed by atoms with van der Waals surface area (Å²) in [6.45, 7) is -2.89. The van der Waals surface area contributed by atoms with Gasteiger partial charge in [-0.15, -0.1) is 0 Å². The van der Waals surface area contributed by atoms with E-state index < -0.39 is 6.61 Å². The lowest BCUT2D eigenvalue weighted by molar-refractivity contribution is -0.0498. The third-order valence-corrected chi connectivity index (χ3v) is 3.41. The van der Waals surface area contributed by atoms with Crippen LogP contribution >= 0.6 is 0 Å².